The summed E-state index contributed by atoms with van der Waals surface area (Å²) in [6.07, 6.45) is -0.802. The molecule has 1 aromatic carbocycles. The minimum Gasteiger partial charge on any atom is -0.479 e. The third-order valence-electron chi connectivity index (χ3n) is 3.27. The Kier molecular flexibility index (Phi) is 4.45. The molecule has 1 aliphatic rings. The Hall–Kier alpha value is -1.40. The van der Waals surface area contributed by atoms with E-state index in [9.17, 15) is 9.59 Å². The van der Waals surface area contributed by atoms with Crippen molar-refractivity contribution in [3.63, 3.8) is 0 Å². The summed E-state index contributed by atoms with van der Waals surface area (Å²) >= 11 is 3.42. The molecule has 2 unspecified atom stereocenters. The number of hydrogen-bond acceptors (Lipinski definition) is 3. The van der Waals surface area contributed by atoms with Crippen LogP contribution in [0.25, 0.3) is 0 Å². The molecule has 1 saturated heterocycles. The van der Waals surface area contributed by atoms with Crippen molar-refractivity contribution in [1.29, 1.82) is 0 Å². The molecule has 0 radical (unpaired) electrons. The van der Waals surface area contributed by atoms with E-state index < -0.39 is 18.2 Å². The van der Waals surface area contributed by atoms with Crippen LogP contribution >= 0.6 is 15.9 Å². The lowest BCUT2D eigenvalue weighted by molar-refractivity contribution is -0.150. The highest BCUT2D eigenvalue weighted by molar-refractivity contribution is 9.10. The summed E-state index contributed by atoms with van der Waals surface area (Å²) in [5.74, 6) is -1.32. The van der Waals surface area contributed by atoms with Gasteiger partial charge in [-0.2, -0.15) is 0 Å². The van der Waals surface area contributed by atoms with Gasteiger partial charge in [0.15, 0.2) is 6.10 Å². The molecule has 2 rings (SSSR count). The third kappa shape index (κ3) is 3.19. The van der Waals surface area contributed by atoms with Crippen molar-refractivity contribution >= 4 is 33.5 Å². The molecule has 1 amide bonds. The van der Waals surface area contributed by atoms with Gasteiger partial charge in [-0.1, -0.05) is 6.07 Å². The van der Waals surface area contributed by atoms with Crippen LogP contribution in [-0.2, 0) is 14.3 Å². The number of amides is 1. The van der Waals surface area contributed by atoms with Gasteiger partial charge in [-0.25, -0.2) is 4.79 Å². The van der Waals surface area contributed by atoms with Crippen molar-refractivity contribution < 1.29 is 19.4 Å². The standard InChI is InChI=1S/C14H16BrNO4/c1-7-5-8(2)12(9(15)6-7)16-13(17)10-3-4-11(20-10)14(18)19/h5-6,10-11H,3-4H2,1-2H3,(H,16,17)(H,18,19). The van der Waals surface area contributed by atoms with Gasteiger partial charge in [-0.15, -0.1) is 0 Å². The fourth-order valence-electron chi connectivity index (χ4n) is 2.29. The van der Waals surface area contributed by atoms with E-state index in [4.69, 9.17) is 9.84 Å². The molecule has 2 N–H and O–H groups in total. The van der Waals surface area contributed by atoms with Crippen LogP contribution in [-0.4, -0.2) is 29.2 Å². The Balaban J connectivity index is 2.08. The van der Waals surface area contributed by atoms with Gasteiger partial charge < -0.3 is 15.2 Å². The zero-order chi connectivity index (χ0) is 14.9. The molecule has 20 heavy (non-hydrogen) atoms. The van der Waals surface area contributed by atoms with Gasteiger partial charge in [0.2, 0.25) is 0 Å². The maximum absolute atomic E-state index is 12.1. The third-order valence-corrected chi connectivity index (χ3v) is 3.89. The SMILES string of the molecule is Cc1cc(C)c(NC(=O)C2CCC(C(=O)O)O2)c(Br)c1. The van der Waals surface area contributed by atoms with Crippen LogP contribution in [0.15, 0.2) is 16.6 Å². The molecular formula is C14H16BrNO4. The summed E-state index contributed by atoms with van der Waals surface area (Å²) in [4.78, 5) is 22.9. The van der Waals surface area contributed by atoms with Crippen LogP contribution in [0, 0.1) is 13.8 Å². The van der Waals surface area contributed by atoms with Crippen molar-refractivity contribution in [2.75, 3.05) is 5.32 Å². The van der Waals surface area contributed by atoms with Gasteiger partial charge >= 0.3 is 5.97 Å². The highest BCUT2D eigenvalue weighted by atomic mass is 79.9. The predicted molar refractivity (Wildman–Crippen MR) is 77.8 cm³/mol. The van der Waals surface area contributed by atoms with E-state index >= 15 is 0 Å². The Labute approximate surface area is 125 Å². The second-order valence-electron chi connectivity index (χ2n) is 4.96. The van der Waals surface area contributed by atoms with Crippen LogP contribution in [0.5, 0.6) is 0 Å². The van der Waals surface area contributed by atoms with E-state index in [1.54, 1.807) is 0 Å². The quantitative estimate of drug-likeness (QED) is 0.886. The smallest absolute Gasteiger partial charge is 0.332 e. The maximum Gasteiger partial charge on any atom is 0.332 e. The Morgan fingerprint density at radius 3 is 2.50 bits per heavy atom. The number of carboxylic acid groups (broad SMARTS) is 1. The number of hydrogen-bond donors (Lipinski definition) is 2. The van der Waals surface area contributed by atoms with Crippen molar-refractivity contribution in [2.45, 2.75) is 38.9 Å². The van der Waals surface area contributed by atoms with Crippen molar-refractivity contribution in [3.05, 3.63) is 27.7 Å². The number of benzene rings is 1. The first-order chi connectivity index (χ1) is 9.38. The Morgan fingerprint density at radius 1 is 1.30 bits per heavy atom. The number of aliphatic carboxylic acids is 1. The van der Waals surface area contributed by atoms with Crippen LogP contribution in [0.3, 0.4) is 0 Å². The molecule has 0 aromatic heterocycles. The summed E-state index contributed by atoms with van der Waals surface area (Å²) < 4.78 is 6.04. The van der Waals surface area contributed by atoms with E-state index in [1.807, 2.05) is 26.0 Å². The Morgan fingerprint density at radius 2 is 1.95 bits per heavy atom. The minimum absolute atomic E-state index is 0.304. The zero-order valence-corrected chi connectivity index (χ0v) is 12.9. The van der Waals surface area contributed by atoms with E-state index in [0.717, 1.165) is 15.6 Å². The van der Waals surface area contributed by atoms with Crippen molar-refractivity contribution in [1.82, 2.24) is 0 Å². The van der Waals surface area contributed by atoms with Crippen LogP contribution in [0.4, 0.5) is 5.69 Å². The average molecular weight is 342 g/mol. The normalized spacial score (nSPS) is 21.8. The molecule has 0 saturated carbocycles. The monoisotopic (exact) mass is 341 g/mol. The molecule has 6 heteroatoms. The molecule has 0 aliphatic carbocycles. The van der Waals surface area contributed by atoms with Gasteiger partial charge in [0.1, 0.15) is 6.10 Å². The number of carbonyl (C=O) groups is 2. The summed E-state index contributed by atoms with van der Waals surface area (Å²) in [6.45, 7) is 3.88. The highest BCUT2D eigenvalue weighted by Crippen LogP contribution is 2.29. The van der Waals surface area contributed by atoms with E-state index in [-0.39, 0.29) is 5.91 Å². The number of rotatable bonds is 3. The van der Waals surface area contributed by atoms with Gasteiger partial charge in [-0.3, -0.25) is 4.79 Å². The highest BCUT2D eigenvalue weighted by Gasteiger charge is 2.34. The predicted octanol–water partition coefficient (Wildman–Crippen LogP) is 2.64. The first-order valence-corrected chi connectivity index (χ1v) is 7.13. The van der Waals surface area contributed by atoms with Crippen LogP contribution in [0.1, 0.15) is 24.0 Å². The van der Waals surface area contributed by atoms with Gasteiger partial charge in [-0.05, 0) is 59.8 Å². The number of carboxylic acids is 1. The van der Waals surface area contributed by atoms with Crippen molar-refractivity contribution in [2.24, 2.45) is 0 Å². The number of ether oxygens (including phenoxy) is 1. The lowest BCUT2D eigenvalue weighted by Gasteiger charge is -2.15. The summed E-state index contributed by atoms with van der Waals surface area (Å²) in [7, 11) is 0. The fraction of sp³-hybridized carbons (Fsp3) is 0.429. The van der Waals surface area contributed by atoms with E-state index in [0.29, 0.717) is 18.5 Å². The summed E-state index contributed by atoms with van der Waals surface area (Å²) in [6, 6.07) is 3.88. The molecule has 1 aliphatic heterocycles. The minimum atomic E-state index is -1.02. The van der Waals surface area contributed by atoms with Crippen LogP contribution < -0.4 is 5.32 Å². The molecule has 5 nitrogen and oxygen atoms in total. The van der Waals surface area contributed by atoms with Gasteiger partial charge in [0.05, 0.1) is 5.69 Å². The number of nitrogens with one attached hydrogen (secondary N) is 1. The van der Waals surface area contributed by atoms with Gasteiger partial charge in [0, 0.05) is 4.47 Å². The second-order valence-corrected chi connectivity index (χ2v) is 5.81. The lowest BCUT2D eigenvalue weighted by Crippen LogP contribution is -2.30. The van der Waals surface area contributed by atoms with E-state index in [1.165, 1.54) is 0 Å². The average Bonchev–Trinajstić information content (AvgIpc) is 2.83. The van der Waals surface area contributed by atoms with Crippen LogP contribution in [0.2, 0.25) is 0 Å². The molecule has 0 bridgehead atoms. The summed E-state index contributed by atoms with van der Waals surface area (Å²) in [5.41, 5.74) is 2.73. The van der Waals surface area contributed by atoms with E-state index in [2.05, 4.69) is 21.2 Å². The first kappa shape index (κ1) is 15.0. The number of carbonyl (C=O) groups excluding carboxylic acids is 1. The molecule has 0 spiro atoms. The molecule has 1 fully saturated rings. The van der Waals surface area contributed by atoms with Crippen molar-refractivity contribution in [3.8, 4) is 0 Å². The molecule has 1 aromatic rings. The second kappa shape index (κ2) is 5.93. The number of anilines is 1. The molecule has 108 valence electrons. The maximum atomic E-state index is 12.1. The first-order valence-electron chi connectivity index (χ1n) is 6.34. The topological polar surface area (TPSA) is 75.6 Å². The lowest BCUT2D eigenvalue weighted by atomic mass is 10.1. The fourth-order valence-corrected chi connectivity index (χ4v) is 3.06. The number of halogens is 1. The summed E-state index contributed by atoms with van der Waals surface area (Å²) in [5, 5.41) is 11.7. The largest absolute Gasteiger partial charge is 0.479 e. The molecule has 2 atom stereocenters. The van der Waals surface area contributed by atoms with Gasteiger partial charge in [0.25, 0.3) is 5.91 Å². The molecule has 1 heterocycles. The molecular weight excluding hydrogens is 326 g/mol. The number of aryl methyl sites for hydroxylation is 2. The Bertz CT molecular complexity index is 535. The zero-order valence-electron chi connectivity index (χ0n) is 11.3.